The summed E-state index contributed by atoms with van der Waals surface area (Å²) in [6.07, 6.45) is 5.38. The Morgan fingerprint density at radius 1 is 1.69 bits per heavy atom. The molecule has 16 heavy (non-hydrogen) atoms. The van der Waals surface area contributed by atoms with Crippen LogP contribution in [0.3, 0.4) is 0 Å². The summed E-state index contributed by atoms with van der Waals surface area (Å²) < 4.78 is 0. The Balaban J connectivity index is 1.84. The number of H-pyrrole nitrogens is 1. The second kappa shape index (κ2) is 4.65. The molecule has 0 spiro atoms. The molecule has 1 amide bonds. The van der Waals surface area contributed by atoms with Crippen LogP contribution >= 0.6 is 0 Å². The molecule has 0 aliphatic carbocycles. The minimum atomic E-state index is -0.0794. The van der Waals surface area contributed by atoms with Gasteiger partial charge in [0.25, 0.3) is 5.91 Å². The number of nitrogens with one attached hydrogen (secondary N) is 3. The Kier molecular flexibility index (Phi) is 3.24. The summed E-state index contributed by atoms with van der Waals surface area (Å²) in [5.74, 6) is -0.0794. The van der Waals surface area contributed by atoms with Crippen LogP contribution in [0.25, 0.3) is 0 Å². The number of carbonyl (C=O) groups is 1. The van der Waals surface area contributed by atoms with E-state index in [0.29, 0.717) is 12.2 Å². The van der Waals surface area contributed by atoms with Crippen molar-refractivity contribution in [1.82, 2.24) is 20.6 Å². The molecule has 5 heteroatoms. The predicted octanol–water partition coefficient (Wildman–Crippen LogP) is 0.529. The molecule has 2 rings (SSSR count). The maximum atomic E-state index is 11.7. The van der Waals surface area contributed by atoms with Crippen molar-refractivity contribution in [2.75, 3.05) is 19.6 Å². The lowest BCUT2D eigenvalue weighted by Crippen LogP contribution is -2.45. The summed E-state index contributed by atoms with van der Waals surface area (Å²) in [4.78, 5) is 18.3. The van der Waals surface area contributed by atoms with Crippen molar-refractivity contribution in [3.8, 4) is 0 Å². The van der Waals surface area contributed by atoms with Gasteiger partial charge in [-0.05, 0) is 24.8 Å². The number of carbonyl (C=O) groups excluding carboxylic acids is 1. The zero-order valence-electron chi connectivity index (χ0n) is 9.55. The first kappa shape index (κ1) is 11.1. The molecular weight excluding hydrogens is 204 g/mol. The van der Waals surface area contributed by atoms with Gasteiger partial charge in [0.15, 0.2) is 0 Å². The van der Waals surface area contributed by atoms with Gasteiger partial charge in [0.2, 0.25) is 0 Å². The third-order valence-electron chi connectivity index (χ3n) is 3.10. The lowest BCUT2D eigenvalue weighted by Gasteiger charge is -2.34. The number of hydrogen-bond acceptors (Lipinski definition) is 3. The molecular formula is C11H18N4O. The van der Waals surface area contributed by atoms with E-state index in [0.717, 1.165) is 19.5 Å². The van der Waals surface area contributed by atoms with E-state index in [9.17, 15) is 4.79 Å². The first-order chi connectivity index (χ1) is 7.70. The summed E-state index contributed by atoms with van der Waals surface area (Å²) in [5, 5.41) is 6.31. The number of hydrogen-bond donors (Lipinski definition) is 3. The van der Waals surface area contributed by atoms with E-state index in [1.54, 1.807) is 0 Å². The fraction of sp³-hybridized carbons (Fsp3) is 0.636. The first-order valence-electron chi connectivity index (χ1n) is 5.67. The molecule has 1 unspecified atom stereocenters. The van der Waals surface area contributed by atoms with Crippen LogP contribution in [-0.2, 0) is 0 Å². The topological polar surface area (TPSA) is 69.8 Å². The normalized spacial score (nSPS) is 25.3. The Labute approximate surface area is 95.0 Å². The summed E-state index contributed by atoms with van der Waals surface area (Å²) in [6, 6.07) is 0. The van der Waals surface area contributed by atoms with Gasteiger partial charge in [-0.25, -0.2) is 4.98 Å². The van der Waals surface area contributed by atoms with Gasteiger partial charge in [0, 0.05) is 13.1 Å². The Morgan fingerprint density at radius 3 is 3.19 bits per heavy atom. The van der Waals surface area contributed by atoms with E-state index in [1.807, 2.05) is 0 Å². The van der Waals surface area contributed by atoms with Crippen LogP contribution in [0.5, 0.6) is 0 Å². The summed E-state index contributed by atoms with van der Waals surface area (Å²) in [5.41, 5.74) is 0.695. The fourth-order valence-corrected chi connectivity index (χ4v) is 2.04. The average Bonchev–Trinajstić information content (AvgIpc) is 2.80. The molecule has 0 radical (unpaired) electrons. The third kappa shape index (κ3) is 2.61. The number of imidazole rings is 1. The Morgan fingerprint density at radius 2 is 2.56 bits per heavy atom. The molecule has 1 aliphatic rings. The molecule has 0 aromatic carbocycles. The van der Waals surface area contributed by atoms with Gasteiger partial charge in [0.1, 0.15) is 5.69 Å². The Bertz CT molecular complexity index is 341. The lowest BCUT2D eigenvalue weighted by atomic mass is 9.83. The van der Waals surface area contributed by atoms with Crippen LogP contribution in [-0.4, -0.2) is 35.5 Å². The quantitative estimate of drug-likeness (QED) is 0.698. The maximum Gasteiger partial charge on any atom is 0.269 e. The predicted molar refractivity (Wildman–Crippen MR) is 61.1 cm³/mol. The molecule has 88 valence electrons. The second-order valence-electron chi connectivity index (χ2n) is 4.74. The highest BCUT2D eigenvalue weighted by Gasteiger charge is 2.27. The van der Waals surface area contributed by atoms with Gasteiger partial charge in [-0.15, -0.1) is 0 Å². The van der Waals surface area contributed by atoms with Crippen molar-refractivity contribution < 1.29 is 4.79 Å². The number of piperidine rings is 1. The minimum absolute atomic E-state index is 0.0794. The van der Waals surface area contributed by atoms with Crippen molar-refractivity contribution in [3.63, 3.8) is 0 Å². The van der Waals surface area contributed by atoms with Crippen LogP contribution in [0, 0.1) is 5.41 Å². The molecule has 3 N–H and O–H groups in total. The van der Waals surface area contributed by atoms with E-state index < -0.39 is 0 Å². The minimum Gasteiger partial charge on any atom is -0.350 e. The number of nitrogens with zero attached hydrogens (tertiary/aromatic N) is 1. The van der Waals surface area contributed by atoms with Gasteiger partial charge >= 0.3 is 0 Å². The van der Waals surface area contributed by atoms with Crippen molar-refractivity contribution in [1.29, 1.82) is 0 Å². The molecule has 1 atom stereocenters. The molecule has 0 saturated carbocycles. The van der Waals surface area contributed by atoms with Crippen molar-refractivity contribution in [2.24, 2.45) is 5.41 Å². The molecule has 5 nitrogen and oxygen atoms in total. The Hall–Kier alpha value is -1.36. The summed E-state index contributed by atoms with van der Waals surface area (Å²) in [7, 11) is 0. The first-order valence-corrected chi connectivity index (χ1v) is 5.67. The second-order valence-corrected chi connectivity index (χ2v) is 4.74. The standard InChI is InChI=1S/C11H18N4O/c1-11(3-2-4-12-6-11)7-14-10(16)9-5-13-8-15-9/h5,8,12H,2-4,6-7H2,1H3,(H,13,15)(H,14,16). The van der Waals surface area contributed by atoms with Gasteiger partial charge in [-0.3, -0.25) is 4.79 Å². The van der Waals surface area contributed by atoms with Gasteiger partial charge < -0.3 is 15.6 Å². The van der Waals surface area contributed by atoms with Gasteiger partial charge in [-0.2, -0.15) is 0 Å². The smallest absolute Gasteiger partial charge is 0.269 e. The molecule has 0 bridgehead atoms. The van der Waals surface area contributed by atoms with Crippen LogP contribution in [0.2, 0.25) is 0 Å². The monoisotopic (exact) mass is 222 g/mol. The highest BCUT2D eigenvalue weighted by atomic mass is 16.1. The molecule has 2 heterocycles. The van der Waals surface area contributed by atoms with Gasteiger partial charge in [-0.1, -0.05) is 6.92 Å². The zero-order chi connectivity index (χ0) is 11.4. The summed E-state index contributed by atoms with van der Waals surface area (Å²) >= 11 is 0. The SMILES string of the molecule is CC1(CNC(=O)c2cnc[nH]2)CCCNC1. The van der Waals surface area contributed by atoms with Crippen molar-refractivity contribution in [3.05, 3.63) is 18.2 Å². The van der Waals surface area contributed by atoms with E-state index >= 15 is 0 Å². The van der Waals surface area contributed by atoms with Crippen LogP contribution in [0.4, 0.5) is 0 Å². The third-order valence-corrected chi connectivity index (χ3v) is 3.10. The number of aromatic amines is 1. The molecule has 1 aromatic rings. The van der Waals surface area contributed by atoms with Crippen molar-refractivity contribution in [2.45, 2.75) is 19.8 Å². The molecule has 1 aromatic heterocycles. The van der Waals surface area contributed by atoms with E-state index in [2.05, 4.69) is 27.5 Å². The van der Waals surface area contributed by atoms with E-state index in [1.165, 1.54) is 18.9 Å². The largest absolute Gasteiger partial charge is 0.350 e. The highest BCUT2D eigenvalue weighted by molar-refractivity contribution is 5.91. The molecule has 1 fully saturated rings. The summed E-state index contributed by atoms with van der Waals surface area (Å²) in [6.45, 7) is 4.96. The maximum absolute atomic E-state index is 11.7. The molecule has 1 saturated heterocycles. The number of amides is 1. The van der Waals surface area contributed by atoms with Gasteiger partial charge in [0.05, 0.1) is 12.5 Å². The van der Waals surface area contributed by atoms with Crippen LogP contribution in [0.15, 0.2) is 12.5 Å². The molecule has 1 aliphatic heterocycles. The fourth-order valence-electron chi connectivity index (χ4n) is 2.04. The number of aromatic nitrogens is 2. The van der Waals surface area contributed by atoms with Crippen LogP contribution in [0.1, 0.15) is 30.3 Å². The van der Waals surface area contributed by atoms with E-state index in [4.69, 9.17) is 0 Å². The highest BCUT2D eigenvalue weighted by Crippen LogP contribution is 2.24. The van der Waals surface area contributed by atoms with Crippen molar-refractivity contribution >= 4 is 5.91 Å². The zero-order valence-corrected chi connectivity index (χ0v) is 9.55. The number of rotatable bonds is 3. The average molecular weight is 222 g/mol. The van der Waals surface area contributed by atoms with Crippen LogP contribution < -0.4 is 10.6 Å². The van der Waals surface area contributed by atoms with E-state index in [-0.39, 0.29) is 11.3 Å². The lowest BCUT2D eigenvalue weighted by molar-refractivity contribution is 0.0920.